The van der Waals surface area contributed by atoms with E-state index in [0.29, 0.717) is 0 Å². The number of nitrogens with two attached hydrogens (primary N) is 1. The minimum absolute atomic E-state index is 0.177. The lowest BCUT2D eigenvalue weighted by Crippen LogP contribution is -2.39. The second kappa shape index (κ2) is 6.00. The summed E-state index contributed by atoms with van der Waals surface area (Å²) < 4.78 is 6.27. The minimum Gasteiger partial charge on any atom is -0.493 e. The molecule has 0 saturated heterocycles. The molecule has 2 heteroatoms. The Morgan fingerprint density at radius 2 is 1.81 bits per heavy atom. The maximum atomic E-state index is 6.79. The van der Waals surface area contributed by atoms with E-state index in [2.05, 4.69) is 26.0 Å². The summed E-state index contributed by atoms with van der Waals surface area (Å²) in [6.45, 7) is 5.20. The van der Waals surface area contributed by atoms with E-state index < -0.39 is 0 Å². The van der Waals surface area contributed by atoms with Crippen LogP contribution in [0.1, 0.15) is 68.1 Å². The Morgan fingerprint density at radius 1 is 1.10 bits per heavy atom. The van der Waals surface area contributed by atoms with Gasteiger partial charge in [-0.1, -0.05) is 43.4 Å². The molecular weight excluding hydrogens is 258 g/mol. The number of hydrogen-bond acceptors (Lipinski definition) is 2. The summed E-state index contributed by atoms with van der Waals surface area (Å²) in [6, 6.07) is 4.50. The molecule has 3 rings (SSSR count). The second-order valence-electron chi connectivity index (χ2n) is 7.28. The summed E-state index contributed by atoms with van der Waals surface area (Å²) in [7, 11) is 0. The highest BCUT2D eigenvalue weighted by atomic mass is 16.5. The van der Waals surface area contributed by atoms with E-state index in [1.165, 1.54) is 55.2 Å². The van der Waals surface area contributed by atoms with Crippen LogP contribution in [0.25, 0.3) is 0 Å². The maximum Gasteiger partial charge on any atom is 0.127 e. The lowest BCUT2D eigenvalue weighted by atomic mass is 9.76. The fourth-order valence-corrected chi connectivity index (χ4v) is 3.83. The molecule has 2 aliphatic rings. The molecule has 0 aliphatic heterocycles. The Balaban J connectivity index is 1.88. The average molecular weight is 287 g/mol. The van der Waals surface area contributed by atoms with Crippen LogP contribution in [0.15, 0.2) is 12.1 Å². The maximum absolute atomic E-state index is 6.79. The molecule has 2 aliphatic carbocycles. The first-order valence-electron chi connectivity index (χ1n) is 8.62. The van der Waals surface area contributed by atoms with Gasteiger partial charge in [-0.3, -0.25) is 0 Å². The molecule has 0 heterocycles. The summed E-state index contributed by atoms with van der Waals surface area (Å²) in [4.78, 5) is 0. The molecule has 0 aromatic heterocycles. The summed E-state index contributed by atoms with van der Waals surface area (Å²) in [5.41, 5.74) is 10.4. The number of aryl methyl sites for hydroxylation is 2. The Hall–Kier alpha value is -1.02. The molecule has 2 nitrogen and oxygen atoms in total. The molecule has 0 atom stereocenters. The van der Waals surface area contributed by atoms with Crippen LogP contribution in [0, 0.1) is 19.8 Å². The summed E-state index contributed by atoms with van der Waals surface area (Å²) in [6.07, 6.45) is 10.0. The van der Waals surface area contributed by atoms with E-state index in [1.54, 1.807) is 0 Å². The van der Waals surface area contributed by atoms with Crippen molar-refractivity contribution in [1.29, 1.82) is 0 Å². The van der Waals surface area contributed by atoms with E-state index in [-0.39, 0.29) is 5.54 Å². The molecule has 0 unspecified atom stereocenters. The van der Waals surface area contributed by atoms with Crippen LogP contribution in [0.2, 0.25) is 0 Å². The predicted molar refractivity (Wildman–Crippen MR) is 87.7 cm³/mol. The first-order chi connectivity index (χ1) is 10.1. The highest BCUT2D eigenvalue weighted by molar-refractivity contribution is 5.47. The van der Waals surface area contributed by atoms with Crippen molar-refractivity contribution in [2.75, 3.05) is 6.61 Å². The van der Waals surface area contributed by atoms with Crippen molar-refractivity contribution in [3.8, 4) is 5.75 Å². The van der Waals surface area contributed by atoms with Gasteiger partial charge in [0.25, 0.3) is 0 Å². The largest absolute Gasteiger partial charge is 0.493 e. The van der Waals surface area contributed by atoms with Crippen LogP contribution in [0.4, 0.5) is 0 Å². The van der Waals surface area contributed by atoms with E-state index >= 15 is 0 Å². The number of hydrogen-bond donors (Lipinski definition) is 1. The highest BCUT2D eigenvalue weighted by Gasteiger charge is 2.33. The fraction of sp³-hybridized carbons (Fsp3) is 0.684. The SMILES string of the molecule is Cc1cc(C)c(OCC2CCC2)c(C2(N)CCCCC2)c1. The van der Waals surface area contributed by atoms with Gasteiger partial charge < -0.3 is 10.5 Å². The average Bonchev–Trinajstić information content (AvgIpc) is 2.39. The first kappa shape index (κ1) is 14.9. The van der Waals surface area contributed by atoms with Gasteiger partial charge in [0, 0.05) is 11.1 Å². The van der Waals surface area contributed by atoms with Crippen molar-refractivity contribution in [3.63, 3.8) is 0 Å². The second-order valence-corrected chi connectivity index (χ2v) is 7.28. The smallest absolute Gasteiger partial charge is 0.127 e. The van der Waals surface area contributed by atoms with Crippen molar-refractivity contribution in [2.24, 2.45) is 11.7 Å². The van der Waals surface area contributed by atoms with E-state index in [0.717, 1.165) is 31.1 Å². The highest BCUT2D eigenvalue weighted by Crippen LogP contribution is 2.41. The lowest BCUT2D eigenvalue weighted by Gasteiger charge is -2.36. The zero-order chi connectivity index (χ0) is 14.9. The van der Waals surface area contributed by atoms with Crippen molar-refractivity contribution < 1.29 is 4.74 Å². The van der Waals surface area contributed by atoms with Crippen molar-refractivity contribution in [3.05, 3.63) is 28.8 Å². The fourth-order valence-electron chi connectivity index (χ4n) is 3.83. The number of benzene rings is 1. The van der Waals surface area contributed by atoms with Crippen LogP contribution in [0.5, 0.6) is 5.75 Å². The third kappa shape index (κ3) is 3.11. The standard InChI is InChI=1S/C19H29NO/c1-14-11-15(2)18(21-13-16-7-6-8-16)17(12-14)19(20)9-4-3-5-10-19/h11-12,16H,3-10,13,20H2,1-2H3. The Kier molecular flexibility index (Phi) is 4.26. The van der Waals surface area contributed by atoms with Crippen molar-refractivity contribution in [1.82, 2.24) is 0 Å². The third-order valence-electron chi connectivity index (χ3n) is 5.39. The normalized spacial score (nSPS) is 21.9. The van der Waals surface area contributed by atoms with Gasteiger partial charge in [0.2, 0.25) is 0 Å². The van der Waals surface area contributed by atoms with Crippen molar-refractivity contribution >= 4 is 0 Å². The Morgan fingerprint density at radius 3 is 2.43 bits per heavy atom. The molecule has 0 radical (unpaired) electrons. The monoisotopic (exact) mass is 287 g/mol. The van der Waals surface area contributed by atoms with Crippen molar-refractivity contribution in [2.45, 2.75) is 70.8 Å². The molecule has 116 valence electrons. The Labute approximate surface area is 129 Å². The molecule has 1 aromatic rings. The molecule has 0 amide bonds. The predicted octanol–water partition coefficient (Wildman–Crippen LogP) is 4.60. The van der Waals surface area contributed by atoms with Gasteiger partial charge in [-0.2, -0.15) is 0 Å². The van der Waals surface area contributed by atoms with Crippen LogP contribution in [-0.2, 0) is 5.54 Å². The van der Waals surface area contributed by atoms with E-state index in [1.807, 2.05) is 0 Å². The van der Waals surface area contributed by atoms with Gasteiger partial charge in [0.15, 0.2) is 0 Å². The molecule has 21 heavy (non-hydrogen) atoms. The zero-order valence-electron chi connectivity index (χ0n) is 13.6. The molecule has 2 fully saturated rings. The first-order valence-corrected chi connectivity index (χ1v) is 8.62. The topological polar surface area (TPSA) is 35.2 Å². The third-order valence-corrected chi connectivity index (χ3v) is 5.39. The number of ether oxygens (including phenoxy) is 1. The summed E-state index contributed by atoms with van der Waals surface area (Å²) in [5, 5.41) is 0. The molecule has 0 bridgehead atoms. The van der Waals surface area contributed by atoms with Gasteiger partial charge in [-0.25, -0.2) is 0 Å². The minimum atomic E-state index is -0.177. The van der Waals surface area contributed by atoms with Gasteiger partial charge >= 0.3 is 0 Å². The molecule has 2 N–H and O–H groups in total. The van der Waals surface area contributed by atoms with E-state index in [4.69, 9.17) is 10.5 Å². The zero-order valence-corrected chi connectivity index (χ0v) is 13.6. The quantitative estimate of drug-likeness (QED) is 0.878. The summed E-state index contributed by atoms with van der Waals surface area (Å²) >= 11 is 0. The van der Waals surface area contributed by atoms with Gasteiger partial charge in [0.05, 0.1) is 6.61 Å². The lowest BCUT2D eigenvalue weighted by molar-refractivity contribution is 0.174. The van der Waals surface area contributed by atoms with Crippen LogP contribution in [0.3, 0.4) is 0 Å². The summed E-state index contributed by atoms with van der Waals surface area (Å²) in [5.74, 6) is 1.84. The number of rotatable bonds is 4. The van der Waals surface area contributed by atoms with Gasteiger partial charge in [0.1, 0.15) is 5.75 Å². The van der Waals surface area contributed by atoms with E-state index in [9.17, 15) is 0 Å². The van der Waals surface area contributed by atoms with Gasteiger partial charge in [-0.15, -0.1) is 0 Å². The molecule has 2 saturated carbocycles. The van der Waals surface area contributed by atoms with Gasteiger partial charge in [-0.05, 0) is 51.0 Å². The molecule has 0 spiro atoms. The Bertz CT molecular complexity index is 499. The molecular formula is C19H29NO. The van der Waals surface area contributed by atoms with Crippen LogP contribution >= 0.6 is 0 Å². The molecule has 1 aromatic carbocycles. The van der Waals surface area contributed by atoms with Crippen LogP contribution in [-0.4, -0.2) is 6.61 Å². The van der Waals surface area contributed by atoms with Crippen LogP contribution < -0.4 is 10.5 Å².